The third-order valence-electron chi connectivity index (χ3n) is 4.23. The maximum Gasteiger partial charge on any atom is 0.264 e. The Balaban J connectivity index is 1.96. The molecule has 0 spiro atoms. The molecule has 0 saturated carbocycles. The summed E-state index contributed by atoms with van der Waals surface area (Å²) in [5, 5.41) is 7.93. The number of hydrogen-bond acceptors (Lipinski definition) is 5. The minimum Gasteiger partial charge on any atom is -0.419 e. The standard InChI is InChI=1S/C18H22N4O3S/c1-5-13-7-9-14(10-8-13)22-26(23,24)17-11(3)16(19-12(17)4)18-21-20-15(6-2)25-18/h7-10,19,22H,5-6H2,1-4H3. The fourth-order valence-electron chi connectivity index (χ4n) is 2.86. The number of aryl methyl sites for hydroxylation is 3. The van der Waals surface area contributed by atoms with Crippen molar-refractivity contribution in [3.63, 3.8) is 0 Å². The number of aromatic nitrogens is 3. The number of aromatic amines is 1. The molecule has 0 fully saturated rings. The highest BCUT2D eigenvalue weighted by molar-refractivity contribution is 7.92. The van der Waals surface area contributed by atoms with Crippen molar-refractivity contribution in [2.24, 2.45) is 0 Å². The van der Waals surface area contributed by atoms with E-state index in [2.05, 4.69) is 26.8 Å². The molecule has 1 aromatic carbocycles. The van der Waals surface area contributed by atoms with Crippen LogP contribution in [0.15, 0.2) is 33.6 Å². The molecule has 0 amide bonds. The van der Waals surface area contributed by atoms with Gasteiger partial charge in [0, 0.05) is 23.4 Å². The lowest BCUT2D eigenvalue weighted by Crippen LogP contribution is -2.14. The van der Waals surface area contributed by atoms with Gasteiger partial charge in [0.25, 0.3) is 15.9 Å². The van der Waals surface area contributed by atoms with Crippen LogP contribution >= 0.6 is 0 Å². The molecule has 2 aromatic heterocycles. The first-order chi connectivity index (χ1) is 12.4. The molecule has 2 heterocycles. The Hall–Kier alpha value is -2.61. The summed E-state index contributed by atoms with van der Waals surface area (Å²) in [4.78, 5) is 3.26. The van der Waals surface area contributed by atoms with Gasteiger partial charge in [-0.2, -0.15) is 0 Å². The molecule has 3 aromatic rings. The van der Waals surface area contributed by atoms with Crippen molar-refractivity contribution in [2.75, 3.05) is 4.72 Å². The van der Waals surface area contributed by atoms with Crippen molar-refractivity contribution in [2.45, 2.75) is 45.4 Å². The van der Waals surface area contributed by atoms with Crippen molar-refractivity contribution < 1.29 is 12.8 Å². The van der Waals surface area contributed by atoms with Gasteiger partial charge < -0.3 is 9.40 Å². The SMILES string of the molecule is CCc1ccc(NS(=O)(=O)c2c(C)[nH]c(-c3nnc(CC)o3)c2C)cc1. The second kappa shape index (κ2) is 6.95. The van der Waals surface area contributed by atoms with E-state index in [1.165, 1.54) is 0 Å². The molecule has 0 bridgehead atoms. The average molecular weight is 374 g/mol. The number of hydrogen-bond donors (Lipinski definition) is 2. The van der Waals surface area contributed by atoms with Gasteiger partial charge in [0.2, 0.25) is 5.89 Å². The Morgan fingerprint density at radius 1 is 1.08 bits per heavy atom. The van der Waals surface area contributed by atoms with Crippen molar-refractivity contribution in [1.82, 2.24) is 15.2 Å². The lowest BCUT2D eigenvalue weighted by Gasteiger charge is -2.09. The third kappa shape index (κ3) is 3.37. The number of H-pyrrole nitrogens is 1. The van der Waals surface area contributed by atoms with Crippen molar-refractivity contribution in [3.05, 3.63) is 47.0 Å². The molecule has 7 nitrogen and oxygen atoms in total. The first kappa shape index (κ1) is 18.2. The van der Waals surface area contributed by atoms with E-state index in [0.717, 1.165) is 12.0 Å². The van der Waals surface area contributed by atoms with Crippen molar-refractivity contribution >= 4 is 15.7 Å². The van der Waals surface area contributed by atoms with Crippen LogP contribution in [0.5, 0.6) is 0 Å². The molecular weight excluding hydrogens is 352 g/mol. The van der Waals surface area contributed by atoms with Gasteiger partial charge in [-0.25, -0.2) is 8.42 Å². The van der Waals surface area contributed by atoms with Gasteiger partial charge in [-0.1, -0.05) is 26.0 Å². The van der Waals surface area contributed by atoms with Gasteiger partial charge in [-0.05, 0) is 38.0 Å². The van der Waals surface area contributed by atoms with Crippen LogP contribution in [0.1, 0.15) is 36.6 Å². The fourth-order valence-corrected chi connectivity index (χ4v) is 4.37. The van der Waals surface area contributed by atoms with Gasteiger partial charge in [0.1, 0.15) is 10.6 Å². The lowest BCUT2D eigenvalue weighted by molar-refractivity contribution is 0.511. The zero-order valence-electron chi connectivity index (χ0n) is 15.3. The minimum atomic E-state index is -3.75. The quantitative estimate of drug-likeness (QED) is 0.686. The molecule has 8 heteroatoms. The summed E-state index contributed by atoms with van der Waals surface area (Å²) in [6.45, 7) is 7.40. The number of benzene rings is 1. The topological polar surface area (TPSA) is 101 Å². The van der Waals surface area contributed by atoms with Crippen LogP contribution in [0.4, 0.5) is 5.69 Å². The average Bonchev–Trinajstić information content (AvgIpc) is 3.19. The molecule has 0 radical (unpaired) electrons. The maximum atomic E-state index is 12.9. The molecule has 0 unspecified atom stereocenters. The van der Waals surface area contributed by atoms with Crippen LogP contribution < -0.4 is 4.72 Å². The van der Waals surface area contributed by atoms with E-state index in [4.69, 9.17) is 4.42 Å². The van der Waals surface area contributed by atoms with Gasteiger partial charge in [-0.3, -0.25) is 4.72 Å². The first-order valence-corrected chi connectivity index (χ1v) is 9.97. The summed E-state index contributed by atoms with van der Waals surface area (Å²) in [5.74, 6) is 0.793. The summed E-state index contributed by atoms with van der Waals surface area (Å²) in [7, 11) is -3.75. The second-order valence-electron chi connectivity index (χ2n) is 6.09. The van der Waals surface area contributed by atoms with Crippen LogP contribution in [0, 0.1) is 13.8 Å². The van der Waals surface area contributed by atoms with Crippen LogP contribution in [-0.2, 0) is 22.9 Å². The predicted octanol–water partition coefficient (Wildman–Crippen LogP) is 3.61. The number of nitrogens with zero attached hydrogens (tertiary/aromatic N) is 2. The number of anilines is 1. The zero-order chi connectivity index (χ0) is 18.9. The smallest absolute Gasteiger partial charge is 0.264 e. The summed E-state index contributed by atoms with van der Waals surface area (Å²) in [6.07, 6.45) is 1.52. The van der Waals surface area contributed by atoms with Gasteiger partial charge in [-0.15, -0.1) is 10.2 Å². The first-order valence-electron chi connectivity index (χ1n) is 8.49. The van der Waals surface area contributed by atoms with E-state index >= 15 is 0 Å². The van der Waals surface area contributed by atoms with E-state index in [-0.39, 0.29) is 10.8 Å². The third-order valence-corrected chi connectivity index (χ3v) is 5.89. The van der Waals surface area contributed by atoms with Gasteiger partial charge >= 0.3 is 0 Å². The molecule has 0 atom stereocenters. The van der Waals surface area contributed by atoms with Crippen LogP contribution in [0.25, 0.3) is 11.6 Å². The van der Waals surface area contributed by atoms with Crippen LogP contribution in [0.3, 0.4) is 0 Å². The monoisotopic (exact) mass is 374 g/mol. The molecule has 26 heavy (non-hydrogen) atoms. The van der Waals surface area contributed by atoms with E-state index < -0.39 is 10.0 Å². The highest BCUT2D eigenvalue weighted by Gasteiger charge is 2.26. The molecule has 0 aliphatic heterocycles. The summed E-state index contributed by atoms with van der Waals surface area (Å²) in [6, 6.07) is 7.34. The van der Waals surface area contributed by atoms with E-state index in [1.807, 2.05) is 19.1 Å². The largest absolute Gasteiger partial charge is 0.419 e. The number of nitrogens with one attached hydrogen (secondary N) is 2. The Bertz CT molecular complexity index is 1020. The Kier molecular flexibility index (Phi) is 4.86. The highest BCUT2D eigenvalue weighted by atomic mass is 32.2. The fraction of sp³-hybridized carbons (Fsp3) is 0.333. The van der Waals surface area contributed by atoms with Crippen LogP contribution in [-0.4, -0.2) is 23.6 Å². The minimum absolute atomic E-state index is 0.198. The highest BCUT2D eigenvalue weighted by Crippen LogP contribution is 2.31. The zero-order valence-corrected chi connectivity index (χ0v) is 16.1. The summed E-state index contributed by atoms with van der Waals surface area (Å²) >= 11 is 0. The second-order valence-corrected chi connectivity index (χ2v) is 7.71. The summed E-state index contributed by atoms with van der Waals surface area (Å²) in [5.41, 5.74) is 3.26. The number of sulfonamides is 1. The predicted molar refractivity (Wildman–Crippen MR) is 99.6 cm³/mol. The lowest BCUT2D eigenvalue weighted by atomic mass is 10.2. The Morgan fingerprint density at radius 2 is 1.77 bits per heavy atom. The van der Waals surface area contributed by atoms with E-state index in [0.29, 0.717) is 35.0 Å². The molecule has 138 valence electrons. The Morgan fingerprint density at radius 3 is 2.35 bits per heavy atom. The van der Waals surface area contributed by atoms with Crippen LogP contribution in [0.2, 0.25) is 0 Å². The van der Waals surface area contributed by atoms with E-state index in [9.17, 15) is 8.42 Å². The molecule has 0 aliphatic carbocycles. The molecule has 2 N–H and O–H groups in total. The van der Waals surface area contributed by atoms with Gasteiger partial charge in [0.05, 0.1) is 0 Å². The molecule has 0 aliphatic rings. The molecule has 3 rings (SSSR count). The maximum absolute atomic E-state index is 12.9. The summed E-state index contributed by atoms with van der Waals surface area (Å²) < 4.78 is 34.0. The molecular formula is C18H22N4O3S. The van der Waals surface area contributed by atoms with Crippen molar-refractivity contribution in [3.8, 4) is 11.6 Å². The van der Waals surface area contributed by atoms with Gasteiger partial charge in [0.15, 0.2) is 0 Å². The Labute approximate surface area is 152 Å². The molecule has 0 saturated heterocycles. The number of rotatable bonds is 6. The van der Waals surface area contributed by atoms with E-state index in [1.54, 1.807) is 26.0 Å². The normalized spacial score (nSPS) is 11.7. The van der Waals surface area contributed by atoms with Crippen molar-refractivity contribution in [1.29, 1.82) is 0 Å².